The van der Waals surface area contributed by atoms with Gasteiger partial charge in [0, 0.05) is 9.50 Å². The van der Waals surface area contributed by atoms with Gasteiger partial charge in [-0.1, -0.05) is 27.5 Å². The van der Waals surface area contributed by atoms with Crippen LogP contribution in [0.1, 0.15) is 17.5 Å². The predicted molar refractivity (Wildman–Crippen MR) is 97.4 cm³/mol. The smallest absolute Gasteiger partial charge is 0.311 e. The highest BCUT2D eigenvalue weighted by atomic mass is 79.9. The Hall–Kier alpha value is -1.72. The second-order valence-corrected chi connectivity index (χ2v) is 6.47. The number of carbonyl (C=O) groups excluding carboxylic acids is 1. The molecule has 0 aliphatic carbocycles. The molecule has 2 aromatic rings. The summed E-state index contributed by atoms with van der Waals surface area (Å²) < 4.78 is 16.8. The number of ether oxygens (including phenoxy) is 3. The van der Waals surface area contributed by atoms with Crippen molar-refractivity contribution in [2.45, 2.75) is 19.8 Å². The Morgan fingerprint density at radius 1 is 1.08 bits per heavy atom. The van der Waals surface area contributed by atoms with Gasteiger partial charge in [0.05, 0.1) is 20.6 Å². The first-order chi connectivity index (χ1) is 11.4. The van der Waals surface area contributed by atoms with Crippen LogP contribution in [0.4, 0.5) is 0 Å². The number of hydrogen-bond donors (Lipinski definition) is 0. The minimum atomic E-state index is -0.304. The van der Waals surface area contributed by atoms with E-state index in [-0.39, 0.29) is 12.4 Å². The standard InChI is InChI=1S/C18H18BrClO4/c1-11-8-13(20)5-6-15(11)24-18(21)7-4-12-9-16(22-2)17(23-3)10-14(12)19/h5-6,8-10H,4,7H2,1-3H3. The summed E-state index contributed by atoms with van der Waals surface area (Å²) in [6, 6.07) is 8.83. The molecule has 4 nitrogen and oxygen atoms in total. The summed E-state index contributed by atoms with van der Waals surface area (Å²) in [5, 5.41) is 0.613. The van der Waals surface area contributed by atoms with Crippen LogP contribution in [0.5, 0.6) is 17.2 Å². The van der Waals surface area contributed by atoms with Gasteiger partial charge in [0.15, 0.2) is 11.5 Å². The van der Waals surface area contributed by atoms with Crippen molar-refractivity contribution in [2.24, 2.45) is 0 Å². The molecule has 0 unspecified atom stereocenters. The fraction of sp³-hybridized carbons (Fsp3) is 0.278. The van der Waals surface area contributed by atoms with Crippen LogP contribution in [0.3, 0.4) is 0 Å². The van der Waals surface area contributed by atoms with Crippen LogP contribution in [-0.2, 0) is 11.2 Å². The first kappa shape index (κ1) is 18.6. The van der Waals surface area contributed by atoms with E-state index < -0.39 is 0 Å². The third-order valence-electron chi connectivity index (χ3n) is 3.51. The van der Waals surface area contributed by atoms with Gasteiger partial charge in [-0.25, -0.2) is 0 Å². The minimum absolute atomic E-state index is 0.246. The maximum atomic E-state index is 12.1. The molecule has 0 aromatic heterocycles. The largest absolute Gasteiger partial charge is 0.493 e. The molecule has 0 fully saturated rings. The quantitative estimate of drug-likeness (QED) is 0.495. The van der Waals surface area contributed by atoms with E-state index in [1.165, 1.54) is 0 Å². The second-order valence-electron chi connectivity index (χ2n) is 5.18. The summed E-state index contributed by atoms with van der Waals surface area (Å²) in [6.07, 6.45) is 0.766. The van der Waals surface area contributed by atoms with Crippen LogP contribution >= 0.6 is 27.5 Å². The number of carbonyl (C=O) groups is 1. The molecule has 0 saturated heterocycles. The Morgan fingerprint density at radius 2 is 1.75 bits per heavy atom. The Labute approximate surface area is 154 Å². The highest BCUT2D eigenvalue weighted by Gasteiger charge is 2.13. The van der Waals surface area contributed by atoms with Crippen molar-refractivity contribution in [3.05, 3.63) is 51.0 Å². The molecule has 0 spiro atoms. The van der Waals surface area contributed by atoms with E-state index in [1.807, 2.05) is 19.1 Å². The zero-order valence-electron chi connectivity index (χ0n) is 13.7. The lowest BCUT2D eigenvalue weighted by Crippen LogP contribution is -2.10. The van der Waals surface area contributed by atoms with Crippen LogP contribution in [0.2, 0.25) is 5.02 Å². The van der Waals surface area contributed by atoms with E-state index in [0.717, 1.165) is 15.6 Å². The summed E-state index contributed by atoms with van der Waals surface area (Å²) >= 11 is 9.38. The topological polar surface area (TPSA) is 44.8 Å². The summed E-state index contributed by atoms with van der Waals surface area (Å²) in [7, 11) is 3.16. The van der Waals surface area contributed by atoms with Crippen LogP contribution < -0.4 is 14.2 Å². The van der Waals surface area contributed by atoms with Crippen molar-refractivity contribution in [2.75, 3.05) is 14.2 Å². The van der Waals surface area contributed by atoms with E-state index in [1.54, 1.807) is 32.4 Å². The number of hydrogen-bond acceptors (Lipinski definition) is 4. The minimum Gasteiger partial charge on any atom is -0.493 e. The lowest BCUT2D eigenvalue weighted by molar-refractivity contribution is -0.134. The van der Waals surface area contributed by atoms with Gasteiger partial charge in [-0.15, -0.1) is 0 Å². The Kier molecular flexibility index (Phi) is 6.52. The van der Waals surface area contributed by atoms with Crippen LogP contribution in [-0.4, -0.2) is 20.2 Å². The van der Waals surface area contributed by atoms with Gasteiger partial charge in [-0.05, 0) is 54.8 Å². The first-order valence-corrected chi connectivity index (χ1v) is 8.49. The molecule has 0 bridgehead atoms. The molecule has 2 aromatic carbocycles. The number of halogens is 2. The van der Waals surface area contributed by atoms with Crippen LogP contribution in [0.25, 0.3) is 0 Å². The maximum Gasteiger partial charge on any atom is 0.311 e. The van der Waals surface area contributed by atoms with Crippen molar-refractivity contribution in [3.63, 3.8) is 0 Å². The fourth-order valence-electron chi connectivity index (χ4n) is 2.23. The molecule has 24 heavy (non-hydrogen) atoms. The highest BCUT2D eigenvalue weighted by molar-refractivity contribution is 9.10. The van der Waals surface area contributed by atoms with Gasteiger partial charge >= 0.3 is 5.97 Å². The number of benzene rings is 2. The molecule has 0 aliphatic rings. The maximum absolute atomic E-state index is 12.1. The zero-order valence-corrected chi connectivity index (χ0v) is 16.0. The van der Waals surface area contributed by atoms with Crippen molar-refractivity contribution >= 4 is 33.5 Å². The van der Waals surface area contributed by atoms with Crippen LogP contribution in [0.15, 0.2) is 34.8 Å². The molecule has 0 heterocycles. The van der Waals surface area contributed by atoms with Gasteiger partial charge < -0.3 is 14.2 Å². The average molecular weight is 414 g/mol. The monoisotopic (exact) mass is 412 g/mol. The first-order valence-electron chi connectivity index (χ1n) is 7.31. The molecule has 128 valence electrons. The predicted octanol–water partition coefficient (Wildman–Crippen LogP) is 4.97. The lowest BCUT2D eigenvalue weighted by atomic mass is 10.1. The Morgan fingerprint density at radius 3 is 2.38 bits per heavy atom. The molecular weight excluding hydrogens is 396 g/mol. The number of esters is 1. The molecule has 2 rings (SSSR count). The van der Waals surface area contributed by atoms with Crippen LogP contribution in [0, 0.1) is 6.92 Å². The molecule has 0 atom stereocenters. The lowest BCUT2D eigenvalue weighted by Gasteiger charge is -2.12. The van der Waals surface area contributed by atoms with E-state index in [0.29, 0.717) is 28.7 Å². The Bertz CT molecular complexity index is 746. The van der Waals surface area contributed by atoms with E-state index in [4.69, 9.17) is 25.8 Å². The summed E-state index contributed by atoms with van der Waals surface area (Å²) in [5.41, 5.74) is 1.76. The number of aryl methyl sites for hydroxylation is 2. The molecule has 0 amide bonds. The van der Waals surface area contributed by atoms with Gasteiger partial charge in [-0.3, -0.25) is 4.79 Å². The summed E-state index contributed by atoms with van der Waals surface area (Å²) in [6.45, 7) is 1.85. The zero-order chi connectivity index (χ0) is 17.7. The molecule has 0 radical (unpaired) electrons. The van der Waals surface area contributed by atoms with E-state index in [9.17, 15) is 4.79 Å². The van der Waals surface area contributed by atoms with Crippen molar-refractivity contribution < 1.29 is 19.0 Å². The molecule has 0 saturated carbocycles. The second kappa shape index (κ2) is 8.40. The van der Waals surface area contributed by atoms with Gasteiger partial charge in [0.2, 0.25) is 0 Å². The number of rotatable bonds is 6. The van der Waals surface area contributed by atoms with Crippen molar-refractivity contribution in [3.8, 4) is 17.2 Å². The van der Waals surface area contributed by atoms with Gasteiger partial charge in [0.1, 0.15) is 5.75 Å². The molecule has 6 heteroatoms. The SMILES string of the molecule is COc1cc(Br)c(CCC(=O)Oc2ccc(Cl)cc2C)cc1OC. The number of methoxy groups -OCH3 is 2. The van der Waals surface area contributed by atoms with Crippen molar-refractivity contribution in [1.29, 1.82) is 0 Å². The summed E-state index contributed by atoms with van der Waals surface area (Å²) in [5.74, 6) is 1.47. The molecule has 0 aliphatic heterocycles. The van der Waals surface area contributed by atoms with E-state index >= 15 is 0 Å². The van der Waals surface area contributed by atoms with E-state index in [2.05, 4.69) is 15.9 Å². The van der Waals surface area contributed by atoms with Crippen molar-refractivity contribution in [1.82, 2.24) is 0 Å². The normalized spacial score (nSPS) is 10.4. The van der Waals surface area contributed by atoms with Gasteiger partial charge in [0.25, 0.3) is 0 Å². The highest BCUT2D eigenvalue weighted by Crippen LogP contribution is 2.34. The fourth-order valence-corrected chi connectivity index (χ4v) is 2.97. The summed E-state index contributed by atoms with van der Waals surface area (Å²) in [4.78, 5) is 12.1. The average Bonchev–Trinajstić information content (AvgIpc) is 2.56. The third-order valence-corrected chi connectivity index (χ3v) is 4.49. The van der Waals surface area contributed by atoms with Gasteiger partial charge in [-0.2, -0.15) is 0 Å². The molecule has 0 N–H and O–H groups in total. The third kappa shape index (κ3) is 4.65. The Balaban J connectivity index is 2.03. The molecular formula is C18H18BrClO4.